The highest BCUT2D eigenvalue weighted by molar-refractivity contribution is 5.98. The van der Waals surface area contributed by atoms with Crippen LogP contribution >= 0.6 is 0 Å². The van der Waals surface area contributed by atoms with Crippen molar-refractivity contribution >= 4 is 5.78 Å². The molecule has 0 aliphatic carbocycles. The molecule has 1 atom stereocenters. The van der Waals surface area contributed by atoms with E-state index in [1.165, 1.54) is 0 Å². The molecule has 1 aromatic carbocycles. The van der Waals surface area contributed by atoms with E-state index in [2.05, 4.69) is 0 Å². The quantitative estimate of drug-likeness (QED) is 0.816. The Labute approximate surface area is 109 Å². The van der Waals surface area contributed by atoms with Crippen molar-refractivity contribution in [1.82, 2.24) is 0 Å². The van der Waals surface area contributed by atoms with Gasteiger partial charge in [0.05, 0.1) is 7.11 Å². The Hall–Kier alpha value is -1.35. The van der Waals surface area contributed by atoms with Crippen LogP contribution in [0, 0.1) is 20.8 Å². The number of carbonyl (C=O) groups is 1. The summed E-state index contributed by atoms with van der Waals surface area (Å²) in [6.45, 7) is 7.85. The number of benzene rings is 1. The predicted octanol–water partition coefficient (Wildman–Crippen LogP) is 2.93. The summed E-state index contributed by atoms with van der Waals surface area (Å²) in [5, 5.41) is 0. The van der Waals surface area contributed by atoms with Gasteiger partial charge in [-0.25, -0.2) is 0 Å². The average molecular weight is 249 g/mol. The van der Waals surface area contributed by atoms with Crippen LogP contribution in [0.15, 0.2) is 6.07 Å². The van der Waals surface area contributed by atoms with Gasteiger partial charge in [0.15, 0.2) is 5.78 Å². The molecule has 0 amide bonds. The van der Waals surface area contributed by atoms with E-state index in [1.807, 2.05) is 33.8 Å². The molecule has 1 unspecified atom stereocenters. The van der Waals surface area contributed by atoms with Gasteiger partial charge in [-0.2, -0.15) is 0 Å². The maximum absolute atomic E-state index is 12.2. The zero-order valence-electron chi connectivity index (χ0n) is 12.0. The van der Waals surface area contributed by atoms with Crippen molar-refractivity contribution in [3.8, 4) is 5.75 Å². The normalized spacial score (nSPS) is 12.3. The molecule has 0 spiro atoms. The van der Waals surface area contributed by atoms with Gasteiger partial charge in [-0.1, -0.05) is 0 Å². The number of aryl methyl sites for hydroxylation is 1. The summed E-state index contributed by atoms with van der Waals surface area (Å²) in [5.41, 5.74) is 9.54. The van der Waals surface area contributed by atoms with E-state index in [9.17, 15) is 4.79 Å². The Balaban J connectivity index is 3.07. The van der Waals surface area contributed by atoms with Gasteiger partial charge in [0.1, 0.15) is 5.75 Å². The first-order valence-electron chi connectivity index (χ1n) is 6.32. The van der Waals surface area contributed by atoms with Gasteiger partial charge in [0, 0.05) is 18.0 Å². The van der Waals surface area contributed by atoms with Crippen molar-refractivity contribution in [2.24, 2.45) is 5.73 Å². The van der Waals surface area contributed by atoms with Crippen molar-refractivity contribution < 1.29 is 9.53 Å². The van der Waals surface area contributed by atoms with Crippen LogP contribution in [-0.2, 0) is 0 Å². The van der Waals surface area contributed by atoms with Crippen molar-refractivity contribution in [3.05, 3.63) is 28.3 Å². The second-order valence-electron chi connectivity index (χ2n) is 4.96. The van der Waals surface area contributed by atoms with Crippen LogP contribution in [0.4, 0.5) is 0 Å². The van der Waals surface area contributed by atoms with Crippen LogP contribution < -0.4 is 10.5 Å². The van der Waals surface area contributed by atoms with Crippen LogP contribution in [0.5, 0.6) is 5.75 Å². The second-order valence-corrected chi connectivity index (χ2v) is 4.96. The second kappa shape index (κ2) is 6.01. The fraction of sp³-hybridized carbons (Fsp3) is 0.533. The van der Waals surface area contributed by atoms with Crippen molar-refractivity contribution in [1.29, 1.82) is 0 Å². The molecule has 0 radical (unpaired) electrons. The lowest BCUT2D eigenvalue weighted by Crippen LogP contribution is -2.17. The lowest BCUT2D eigenvalue weighted by molar-refractivity contribution is 0.0977. The molecule has 3 heteroatoms. The summed E-state index contributed by atoms with van der Waals surface area (Å²) in [7, 11) is 1.66. The maximum Gasteiger partial charge on any atom is 0.163 e. The van der Waals surface area contributed by atoms with Gasteiger partial charge >= 0.3 is 0 Å². The highest BCUT2D eigenvalue weighted by Crippen LogP contribution is 2.29. The monoisotopic (exact) mass is 249 g/mol. The third kappa shape index (κ3) is 3.10. The number of ether oxygens (including phenoxy) is 1. The van der Waals surface area contributed by atoms with Gasteiger partial charge in [-0.3, -0.25) is 4.79 Å². The number of nitrogens with two attached hydrogens (primary N) is 1. The first kappa shape index (κ1) is 14.7. The third-order valence-electron chi connectivity index (χ3n) is 3.36. The number of rotatable bonds is 5. The van der Waals surface area contributed by atoms with E-state index >= 15 is 0 Å². The van der Waals surface area contributed by atoms with Crippen LogP contribution in [0.1, 0.15) is 46.8 Å². The van der Waals surface area contributed by atoms with Gasteiger partial charge in [0.2, 0.25) is 0 Å². The molecule has 2 N–H and O–H groups in total. The molecule has 0 heterocycles. The standard InChI is InChI=1S/C15H23NO2/c1-9-8-13(14(17)7-6-10(2)16)11(3)12(4)15(9)18-5/h8,10H,6-7,16H2,1-5H3. The lowest BCUT2D eigenvalue weighted by atomic mass is 9.94. The van der Waals surface area contributed by atoms with Crippen molar-refractivity contribution in [3.63, 3.8) is 0 Å². The topological polar surface area (TPSA) is 52.3 Å². The maximum atomic E-state index is 12.2. The molecule has 100 valence electrons. The van der Waals surface area contributed by atoms with Crippen molar-refractivity contribution in [2.75, 3.05) is 7.11 Å². The van der Waals surface area contributed by atoms with E-state index in [0.29, 0.717) is 6.42 Å². The summed E-state index contributed by atoms with van der Waals surface area (Å²) in [5.74, 6) is 1.04. The molecule has 0 saturated heterocycles. The molecule has 1 rings (SSSR count). The Morgan fingerprint density at radius 2 is 1.94 bits per heavy atom. The van der Waals surface area contributed by atoms with E-state index < -0.39 is 0 Å². The fourth-order valence-corrected chi connectivity index (χ4v) is 2.16. The number of Topliss-reactive ketones (excluding diaryl/α,β-unsaturated/α-hetero) is 1. The zero-order valence-corrected chi connectivity index (χ0v) is 12.0. The first-order chi connectivity index (χ1) is 8.38. The molecule has 0 aromatic heterocycles. The molecule has 0 aliphatic heterocycles. The number of carbonyl (C=O) groups excluding carboxylic acids is 1. The third-order valence-corrected chi connectivity index (χ3v) is 3.36. The van der Waals surface area contributed by atoms with E-state index in [-0.39, 0.29) is 11.8 Å². The summed E-state index contributed by atoms with van der Waals surface area (Å²) < 4.78 is 5.36. The van der Waals surface area contributed by atoms with Gasteiger partial charge < -0.3 is 10.5 Å². The Bertz CT molecular complexity index is 450. The van der Waals surface area contributed by atoms with Crippen LogP contribution in [0.2, 0.25) is 0 Å². The van der Waals surface area contributed by atoms with Crippen LogP contribution in [0.25, 0.3) is 0 Å². The van der Waals surface area contributed by atoms with Crippen LogP contribution in [0.3, 0.4) is 0 Å². The smallest absolute Gasteiger partial charge is 0.163 e. The molecular formula is C15H23NO2. The summed E-state index contributed by atoms with van der Waals surface area (Å²) >= 11 is 0. The molecule has 18 heavy (non-hydrogen) atoms. The fourth-order valence-electron chi connectivity index (χ4n) is 2.16. The predicted molar refractivity (Wildman–Crippen MR) is 74.4 cm³/mol. The Morgan fingerprint density at radius 1 is 1.33 bits per heavy atom. The van der Waals surface area contributed by atoms with E-state index in [0.717, 1.165) is 34.4 Å². The summed E-state index contributed by atoms with van der Waals surface area (Å²) in [6, 6.07) is 1.99. The van der Waals surface area contributed by atoms with Crippen molar-refractivity contribution in [2.45, 2.75) is 46.6 Å². The SMILES string of the molecule is COc1c(C)cc(C(=O)CCC(C)N)c(C)c1C. The molecule has 0 aliphatic rings. The number of hydrogen-bond donors (Lipinski definition) is 1. The minimum Gasteiger partial charge on any atom is -0.496 e. The molecule has 0 bridgehead atoms. The minimum atomic E-state index is 0.0645. The summed E-state index contributed by atoms with van der Waals surface area (Å²) in [4.78, 5) is 12.2. The number of ketones is 1. The molecule has 0 saturated carbocycles. The minimum absolute atomic E-state index is 0.0645. The summed E-state index contributed by atoms with van der Waals surface area (Å²) in [6.07, 6.45) is 1.23. The van der Waals surface area contributed by atoms with Gasteiger partial charge in [-0.05, 0) is 56.9 Å². The van der Waals surface area contributed by atoms with Crippen LogP contribution in [-0.4, -0.2) is 18.9 Å². The molecule has 0 fully saturated rings. The van der Waals surface area contributed by atoms with E-state index in [1.54, 1.807) is 7.11 Å². The molecule has 3 nitrogen and oxygen atoms in total. The lowest BCUT2D eigenvalue weighted by Gasteiger charge is -2.15. The average Bonchev–Trinajstić information content (AvgIpc) is 2.31. The highest BCUT2D eigenvalue weighted by atomic mass is 16.5. The van der Waals surface area contributed by atoms with Gasteiger partial charge in [0.25, 0.3) is 0 Å². The zero-order chi connectivity index (χ0) is 13.9. The largest absolute Gasteiger partial charge is 0.496 e. The molecule has 1 aromatic rings. The Morgan fingerprint density at radius 3 is 2.44 bits per heavy atom. The number of hydrogen-bond acceptors (Lipinski definition) is 3. The first-order valence-corrected chi connectivity index (χ1v) is 6.32. The number of methoxy groups -OCH3 is 1. The molecular weight excluding hydrogens is 226 g/mol. The van der Waals surface area contributed by atoms with E-state index in [4.69, 9.17) is 10.5 Å². The highest BCUT2D eigenvalue weighted by Gasteiger charge is 2.16. The van der Waals surface area contributed by atoms with Gasteiger partial charge in [-0.15, -0.1) is 0 Å². The Kier molecular flexibility index (Phi) is 4.91.